The fourth-order valence-corrected chi connectivity index (χ4v) is 1.83. The van der Waals surface area contributed by atoms with Gasteiger partial charge in [-0.2, -0.15) is 0 Å². The number of quaternary nitrogens is 1. The second-order valence-corrected chi connectivity index (χ2v) is 3.81. The van der Waals surface area contributed by atoms with E-state index in [1.807, 2.05) is 0 Å². The lowest BCUT2D eigenvalue weighted by Crippen LogP contribution is -2.56. The number of ether oxygens (including phenoxy) is 2. The van der Waals surface area contributed by atoms with Gasteiger partial charge in [-0.25, -0.2) is 4.79 Å². The number of hydrogen-bond acceptors (Lipinski definition) is 3. The molecule has 1 aliphatic rings. The molecule has 0 atom stereocenters. The third-order valence-corrected chi connectivity index (χ3v) is 3.07. The molecule has 0 aromatic heterocycles. The van der Waals surface area contributed by atoms with Crippen molar-refractivity contribution in [1.29, 1.82) is 0 Å². The van der Waals surface area contributed by atoms with Crippen molar-refractivity contribution in [2.24, 2.45) is 0 Å². The molecule has 1 rings (SSSR count). The molecule has 86 valence electrons. The summed E-state index contributed by atoms with van der Waals surface area (Å²) < 4.78 is 11.3. The van der Waals surface area contributed by atoms with Gasteiger partial charge in [-0.3, -0.25) is 0 Å². The van der Waals surface area contributed by atoms with Crippen LogP contribution in [0.3, 0.4) is 0 Å². The molecule has 0 aromatic rings. The molecule has 1 saturated heterocycles. The van der Waals surface area contributed by atoms with Crippen molar-refractivity contribution in [2.45, 2.75) is 6.92 Å². The van der Waals surface area contributed by atoms with E-state index in [1.165, 1.54) is 6.08 Å². The van der Waals surface area contributed by atoms with Gasteiger partial charge < -0.3 is 14.0 Å². The van der Waals surface area contributed by atoms with Gasteiger partial charge in [0.05, 0.1) is 19.8 Å². The number of likely N-dealkylation sites (N-methyl/N-ethyl adjacent to an activating group) is 1. The Morgan fingerprint density at radius 3 is 2.73 bits per heavy atom. The Labute approximate surface area is 91.1 Å². The van der Waals surface area contributed by atoms with Gasteiger partial charge in [-0.1, -0.05) is 6.58 Å². The van der Waals surface area contributed by atoms with Crippen LogP contribution in [-0.2, 0) is 14.3 Å². The van der Waals surface area contributed by atoms with Crippen molar-refractivity contribution in [3.8, 4) is 0 Å². The average molecular weight is 214 g/mol. The standard InChI is InChI=1S/C11H20NO3/c1-3-11(13)15-10-7-12(4-2)5-8-14-9-6-12/h3H,1,4-10H2,2H3/q+1. The van der Waals surface area contributed by atoms with Gasteiger partial charge in [0.2, 0.25) is 0 Å². The summed E-state index contributed by atoms with van der Waals surface area (Å²) in [5.41, 5.74) is 0. The molecule has 0 unspecified atom stereocenters. The van der Waals surface area contributed by atoms with Crippen LogP contribution in [0.4, 0.5) is 0 Å². The molecule has 1 aliphatic heterocycles. The lowest BCUT2D eigenvalue weighted by molar-refractivity contribution is -0.933. The van der Waals surface area contributed by atoms with Crippen molar-refractivity contribution in [1.82, 2.24) is 0 Å². The SMILES string of the molecule is C=CC(=O)OCC[N+]1(CC)CCOCC1. The Balaban J connectivity index is 2.32. The van der Waals surface area contributed by atoms with E-state index in [2.05, 4.69) is 13.5 Å². The van der Waals surface area contributed by atoms with E-state index in [4.69, 9.17) is 9.47 Å². The third kappa shape index (κ3) is 3.64. The van der Waals surface area contributed by atoms with Crippen LogP contribution in [-0.4, -0.2) is 56.5 Å². The number of esters is 1. The molecule has 0 aromatic carbocycles. The van der Waals surface area contributed by atoms with E-state index >= 15 is 0 Å². The number of morpholine rings is 1. The van der Waals surface area contributed by atoms with Crippen LogP contribution >= 0.6 is 0 Å². The Bertz CT molecular complexity index is 222. The zero-order valence-electron chi connectivity index (χ0n) is 9.41. The minimum absolute atomic E-state index is 0.336. The zero-order valence-corrected chi connectivity index (χ0v) is 9.41. The molecule has 0 spiro atoms. The summed E-state index contributed by atoms with van der Waals surface area (Å²) in [5.74, 6) is -0.336. The number of carbonyl (C=O) groups is 1. The molecule has 1 heterocycles. The van der Waals surface area contributed by atoms with E-state index in [0.717, 1.165) is 43.9 Å². The first kappa shape index (κ1) is 12.2. The highest BCUT2D eigenvalue weighted by atomic mass is 16.5. The number of carbonyl (C=O) groups excluding carboxylic acids is 1. The van der Waals surface area contributed by atoms with Crippen molar-refractivity contribution in [3.63, 3.8) is 0 Å². The third-order valence-electron chi connectivity index (χ3n) is 3.07. The van der Waals surface area contributed by atoms with Crippen LogP contribution in [0, 0.1) is 0 Å². The summed E-state index contributed by atoms with van der Waals surface area (Å²) in [6.07, 6.45) is 1.20. The van der Waals surface area contributed by atoms with Crippen LogP contribution in [0.25, 0.3) is 0 Å². The first-order chi connectivity index (χ1) is 7.22. The van der Waals surface area contributed by atoms with Crippen molar-refractivity contribution in [2.75, 3.05) is 46.0 Å². The monoisotopic (exact) mass is 214 g/mol. The maximum absolute atomic E-state index is 10.9. The highest BCUT2D eigenvalue weighted by Gasteiger charge is 2.28. The van der Waals surface area contributed by atoms with Gasteiger partial charge in [-0.05, 0) is 6.92 Å². The minimum Gasteiger partial charge on any atom is -0.457 e. The van der Waals surface area contributed by atoms with Crippen LogP contribution in [0.2, 0.25) is 0 Å². The fraction of sp³-hybridized carbons (Fsp3) is 0.727. The van der Waals surface area contributed by atoms with Gasteiger partial charge in [-0.15, -0.1) is 0 Å². The topological polar surface area (TPSA) is 35.5 Å². The Morgan fingerprint density at radius 1 is 1.53 bits per heavy atom. The van der Waals surface area contributed by atoms with E-state index in [-0.39, 0.29) is 5.97 Å². The molecule has 0 radical (unpaired) electrons. The van der Waals surface area contributed by atoms with E-state index in [1.54, 1.807) is 0 Å². The number of hydrogen-bond donors (Lipinski definition) is 0. The smallest absolute Gasteiger partial charge is 0.330 e. The van der Waals surface area contributed by atoms with Crippen molar-refractivity contribution < 1.29 is 18.8 Å². The molecule has 0 saturated carbocycles. The predicted molar refractivity (Wildman–Crippen MR) is 57.4 cm³/mol. The maximum atomic E-state index is 10.9. The van der Waals surface area contributed by atoms with Crippen LogP contribution < -0.4 is 0 Å². The molecule has 4 heteroatoms. The quantitative estimate of drug-likeness (QED) is 0.381. The number of rotatable bonds is 5. The number of nitrogens with zero attached hydrogens (tertiary/aromatic N) is 1. The molecule has 0 bridgehead atoms. The minimum atomic E-state index is -0.336. The molecule has 0 aliphatic carbocycles. The molecule has 4 nitrogen and oxygen atoms in total. The van der Waals surface area contributed by atoms with E-state index < -0.39 is 0 Å². The first-order valence-corrected chi connectivity index (χ1v) is 5.44. The van der Waals surface area contributed by atoms with Gasteiger partial charge in [0, 0.05) is 6.08 Å². The Hall–Kier alpha value is -0.870. The summed E-state index contributed by atoms with van der Waals surface area (Å²) in [6.45, 7) is 11.6. The largest absolute Gasteiger partial charge is 0.457 e. The van der Waals surface area contributed by atoms with E-state index in [9.17, 15) is 4.79 Å². The first-order valence-electron chi connectivity index (χ1n) is 5.44. The summed E-state index contributed by atoms with van der Waals surface area (Å²) in [7, 11) is 0. The molecular weight excluding hydrogens is 194 g/mol. The van der Waals surface area contributed by atoms with E-state index in [0.29, 0.717) is 6.61 Å². The highest BCUT2D eigenvalue weighted by Crippen LogP contribution is 2.10. The molecular formula is C11H20NO3+. The van der Waals surface area contributed by atoms with Gasteiger partial charge >= 0.3 is 5.97 Å². The zero-order chi connectivity index (χ0) is 11.1. The summed E-state index contributed by atoms with van der Waals surface area (Å²) in [4.78, 5) is 10.9. The average Bonchev–Trinajstić information content (AvgIpc) is 2.30. The molecule has 15 heavy (non-hydrogen) atoms. The Kier molecular flexibility index (Phi) is 4.78. The fourth-order valence-electron chi connectivity index (χ4n) is 1.83. The second kappa shape index (κ2) is 5.88. The normalized spacial score (nSPS) is 19.5. The van der Waals surface area contributed by atoms with Gasteiger partial charge in [0.15, 0.2) is 0 Å². The summed E-state index contributed by atoms with van der Waals surface area (Å²) in [5, 5.41) is 0. The molecule has 0 amide bonds. The van der Waals surface area contributed by atoms with Crippen molar-refractivity contribution >= 4 is 5.97 Å². The van der Waals surface area contributed by atoms with Crippen LogP contribution in [0.1, 0.15) is 6.92 Å². The van der Waals surface area contributed by atoms with Gasteiger partial charge in [0.25, 0.3) is 0 Å². The lowest BCUT2D eigenvalue weighted by Gasteiger charge is -2.40. The highest BCUT2D eigenvalue weighted by molar-refractivity contribution is 5.81. The molecule has 0 N–H and O–H groups in total. The molecule has 1 fully saturated rings. The van der Waals surface area contributed by atoms with Crippen LogP contribution in [0.15, 0.2) is 12.7 Å². The maximum Gasteiger partial charge on any atom is 0.330 e. The van der Waals surface area contributed by atoms with Crippen molar-refractivity contribution in [3.05, 3.63) is 12.7 Å². The lowest BCUT2D eigenvalue weighted by atomic mass is 10.3. The summed E-state index contributed by atoms with van der Waals surface area (Å²) in [6, 6.07) is 0. The summed E-state index contributed by atoms with van der Waals surface area (Å²) >= 11 is 0. The van der Waals surface area contributed by atoms with Gasteiger partial charge in [0.1, 0.15) is 26.2 Å². The Morgan fingerprint density at radius 2 is 2.20 bits per heavy atom. The second-order valence-electron chi connectivity index (χ2n) is 3.81. The van der Waals surface area contributed by atoms with Crippen LogP contribution in [0.5, 0.6) is 0 Å². The predicted octanol–water partition coefficient (Wildman–Crippen LogP) is 0.583.